The molecule has 4 aliphatic carbocycles. The monoisotopic (exact) mass is 2160 g/mol. The summed E-state index contributed by atoms with van der Waals surface area (Å²) in [7, 11) is -4.15. The number of rotatable bonds is 44. The van der Waals surface area contributed by atoms with Crippen molar-refractivity contribution in [2.45, 2.75) is 515 Å². The summed E-state index contributed by atoms with van der Waals surface area (Å²) >= 11 is 0. The first-order valence-electron chi connectivity index (χ1n) is 61.1. The lowest BCUT2D eigenvalue weighted by atomic mass is 9.88. The van der Waals surface area contributed by atoms with E-state index in [1.165, 1.54) is 257 Å². The second-order valence-electron chi connectivity index (χ2n) is 46.8. The lowest BCUT2D eigenvalue weighted by molar-refractivity contribution is 0.0478. The number of aryl methyl sites for hydroxylation is 1. The van der Waals surface area contributed by atoms with Crippen LogP contribution in [0.3, 0.4) is 0 Å². The fraction of sp³-hybridized carbons (Fsp3) is 0.731. The van der Waals surface area contributed by atoms with Gasteiger partial charge in [-0.3, -0.25) is 0 Å². The Morgan fingerprint density at radius 3 is 0.587 bits per heavy atom. The van der Waals surface area contributed by atoms with Gasteiger partial charge in [0.1, 0.15) is 47.7 Å². The van der Waals surface area contributed by atoms with Crippen LogP contribution < -0.4 is 15.6 Å². The van der Waals surface area contributed by atoms with Crippen LogP contribution in [-0.4, -0.2) is 149 Å². The van der Waals surface area contributed by atoms with Crippen molar-refractivity contribution < 1.29 is 56.8 Å². The molecule has 6 aliphatic heterocycles. The zero-order chi connectivity index (χ0) is 113. The molecular formula is C134H248O12Si4. The minimum atomic E-state index is -1.46. The molecule has 6 atom stereocenters. The summed E-state index contributed by atoms with van der Waals surface area (Å²) in [5.74, 6) is 4.98. The minimum absolute atomic E-state index is 0.154. The van der Waals surface area contributed by atoms with Crippen molar-refractivity contribution in [2.75, 3.05) is 79.3 Å². The first-order chi connectivity index (χ1) is 71.7. The van der Waals surface area contributed by atoms with E-state index < -0.39 is 32.3 Å². The maximum atomic E-state index is 5.23. The molecule has 872 valence electrons. The Morgan fingerprint density at radius 1 is 0.260 bits per heavy atom. The fourth-order valence-electron chi connectivity index (χ4n) is 15.3. The van der Waals surface area contributed by atoms with Gasteiger partial charge >= 0.3 is 0 Å². The molecule has 10 aliphatic rings. The van der Waals surface area contributed by atoms with Gasteiger partial charge in [0.05, 0.1) is 16.1 Å². The van der Waals surface area contributed by atoms with E-state index in [0.29, 0.717) is 35.5 Å². The molecule has 6 heterocycles. The molecule has 0 bridgehead atoms. The smallest absolute Gasteiger partial charge is 0.181 e. The lowest BCUT2D eigenvalue weighted by Crippen LogP contribution is -2.52. The van der Waals surface area contributed by atoms with Crippen LogP contribution in [0.1, 0.15) is 394 Å². The molecule has 0 radical (unpaired) electrons. The van der Waals surface area contributed by atoms with Crippen LogP contribution in [0, 0.1) is 41.4 Å². The Hall–Kier alpha value is -4.29. The highest BCUT2D eigenvalue weighted by molar-refractivity contribution is 7.00. The summed E-state index contributed by atoms with van der Waals surface area (Å²) in [5, 5.41) is 4.53. The van der Waals surface area contributed by atoms with Gasteiger partial charge < -0.3 is 56.8 Å². The molecule has 12 nitrogen and oxygen atoms in total. The topological polar surface area (TPSA) is 131 Å². The van der Waals surface area contributed by atoms with Crippen molar-refractivity contribution in [3.05, 3.63) is 203 Å². The van der Waals surface area contributed by atoms with Gasteiger partial charge in [-0.25, -0.2) is 0 Å². The standard InChI is InChI=1S/C14H28Si.C14H16Si.C9H20Si.C9H14Si.C8H16.C8H10.6C7H14O2.6C5H10/c2*1-15(2,13-9-5-3-6-10-13)14-11-7-4-8-12-14;2*1-10(2,3)9-7-5-4-6-8-9;2*1-2-8-6-4-3-5-7-8;6*1-2-3-4-5-8-7-6-9-7;6*1-4-5(2)3/h13-14H,3-12H2,1-2H3;3-12H,1-2H3;9H,4-8H2,1-3H3;4-8H,1-3H3;8H,2-7H2,1H3;3-7H,2H2,1H3;6*7H,2-6H2,1H3;6*4-5H,1H2,2-3H3. The van der Waals surface area contributed by atoms with Crippen molar-refractivity contribution >= 4 is 47.9 Å². The van der Waals surface area contributed by atoms with Crippen LogP contribution in [0.25, 0.3) is 0 Å². The Labute approximate surface area is 937 Å². The number of hydrogen-bond donors (Lipinski definition) is 0. The second kappa shape index (κ2) is 104. The lowest BCUT2D eigenvalue weighted by Gasteiger charge is -2.43. The maximum Gasteiger partial charge on any atom is 0.181 e. The third-order valence-corrected chi connectivity index (χ3v) is 41.3. The van der Waals surface area contributed by atoms with Crippen LogP contribution >= 0.6 is 0 Å². The molecule has 10 fully saturated rings. The Morgan fingerprint density at radius 2 is 0.447 bits per heavy atom. The van der Waals surface area contributed by atoms with Gasteiger partial charge in [-0.15, -0.1) is 39.5 Å². The van der Waals surface area contributed by atoms with Crippen molar-refractivity contribution in [1.29, 1.82) is 0 Å². The Kier molecular flexibility index (Phi) is 105. The van der Waals surface area contributed by atoms with E-state index in [0.717, 1.165) is 97.2 Å². The van der Waals surface area contributed by atoms with E-state index in [1.807, 2.05) is 42.5 Å². The van der Waals surface area contributed by atoms with Gasteiger partial charge in [0.25, 0.3) is 0 Å². The molecule has 0 spiro atoms. The molecule has 0 amide bonds. The van der Waals surface area contributed by atoms with Crippen molar-refractivity contribution in [3.63, 3.8) is 0 Å². The van der Waals surface area contributed by atoms with E-state index in [4.69, 9.17) is 56.8 Å². The highest BCUT2D eigenvalue weighted by Crippen LogP contribution is 2.48. The summed E-state index contributed by atoms with van der Waals surface area (Å²) < 4.78 is 60.6. The average Bonchev–Trinajstić information content (AvgIpc) is 1.34. The van der Waals surface area contributed by atoms with E-state index in [9.17, 15) is 0 Å². The Balaban J connectivity index is -0.000000760. The molecule has 150 heavy (non-hydrogen) atoms. The van der Waals surface area contributed by atoms with Gasteiger partial charge in [0.15, 0.2) is 37.7 Å². The summed E-state index contributed by atoms with van der Waals surface area (Å²) in [5.41, 5.74) is 4.90. The zero-order valence-electron chi connectivity index (χ0n) is 104. The molecule has 4 saturated carbocycles. The quantitative estimate of drug-likeness (QED) is 0.0181. The molecule has 4 aromatic carbocycles. The first-order valence-corrected chi connectivity index (χ1v) is 74.3. The molecule has 4 aromatic rings. The largest absolute Gasteiger partial charge is 0.350 e. The molecule has 0 aromatic heterocycles. The SMILES string of the molecule is C=CC(C)C.C=CC(C)C.C=CC(C)C.C=CC(C)C.C=CC(C)C.C=CC(C)C.CCC1CCCCC1.CCCCCOC1CO1.CCCCCOC1CO1.CCCCCOC1CO1.CCCCCOC1CO1.CCCCCOC1CO1.CCCCCOC1CO1.CCc1ccccc1.C[Si](C)(C)C1CCCCC1.C[Si](C)(C)c1ccccc1.C[Si](C)(C1CCCCC1)C1CCCCC1.C[Si](C)(c1ccccc1)c1ccccc1. The highest BCUT2D eigenvalue weighted by Gasteiger charge is 2.40. The number of ether oxygens (including phenoxy) is 12. The molecule has 6 saturated heterocycles. The van der Waals surface area contributed by atoms with Crippen LogP contribution in [0.4, 0.5) is 0 Å². The van der Waals surface area contributed by atoms with Gasteiger partial charge in [-0.2, -0.15) is 0 Å². The normalized spacial score (nSPS) is 18.3. The number of epoxide rings is 6. The minimum Gasteiger partial charge on any atom is -0.350 e. The van der Waals surface area contributed by atoms with E-state index in [2.05, 4.69) is 359 Å². The van der Waals surface area contributed by atoms with E-state index >= 15 is 0 Å². The Bertz CT molecular complexity index is 3150. The number of unbranched alkanes of at least 4 members (excludes halogenated alkanes) is 12. The van der Waals surface area contributed by atoms with Crippen molar-refractivity contribution in [2.24, 2.45) is 41.4 Å². The summed E-state index contributed by atoms with van der Waals surface area (Å²) in [6.07, 6.45) is 67.8. The summed E-state index contributed by atoms with van der Waals surface area (Å²) in [6, 6.07) is 42.9. The van der Waals surface area contributed by atoms with Crippen LogP contribution in [0.15, 0.2) is 197 Å². The average molecular weight is 2160 g/mol. The van der Waals surface area contributed by atoms with Gasteiger partial charge in [0.2, 0.25) is 0 Å². The molecule has 14 rings (SSSR count). The van der Waals surface area contributed by atoms with Crippen molar-refractivity contribution in [3.8, 4) is 0 Å². The number of hydrogen-bond acceptors (Lipinski definition) is 12. The van der Waals surface area contributed by atoms with E-state index in [1.54, 1.807) is 25.7 Å². The third kappa shape index (κ3) is 107. The number of benzene rings is 4. The first kappa shape index (κ1) is 152. The van der Waals surface area contributed by atoms with Crippen LogP contribution in [0.2, 0.25) is 82.1 Å². The maximum absolute atomic E-state index is 5.23. The van der Waals surface area contributed by atoms with Crippen LogP contribution in [0.5, 0.6) is 0 Å². The third-order valence-electron chi connectivity index (χ3n) is 27.3. The van der Waals surface area contributed by atoms with Crippen molar-refractivity contribution in [1.82, 2.24) is 0 Å². The second-order valence-corrected chi connectivity index (χ2v) is 67.1. The fourth-order valence-corrected chi connectivity index (χ4v) is 25.5. The van der Waals surface area contributed by atoms with Gasteiger partial charge in [0, 0.05) is 47.7 Å². The van der Waals surface area contributed by atoms with E-state index in [-0.39, 0.29) is 37.7 Å². The molecule has 16 heteroatoms. The number of allylic oxidation sites excluding steroid dienone is 6. The van der Waals surface area contributed by atoms with Gasteiger partial charge in [-0.1, -0.05) is 589 Å². The summed E-state index contributed by atoms with van der Waals surface area (Å²) in [6.45, 7) is 99.2. The zero-order valence-corrected chi connectivity index (χ0v) is 108. The summed E-state index contributed by atoms with van der Waals surface area (Å²) in [4.78, 5) is 0. The van der Waals surface area contributed by atoms with Gasteiger partial charge in [-0.05, 0) is 109 Å². The van der Waals surface area contributed by atoms with Crippen LogP contribution in [-0.2, 0) is 63.3 Å². The predicted octanol–water partition coefficient (Wildman–Crippen LogP) is 39.3. The molecular weight excluding hydrogens is 1910 g/mol. The molecule has 0 N–H and O–H groups in total. The highest BCUT2D eigenvalue weighted by atomic mass is 28.3. The molecule has 6 unspecified atom stereocenters. The predicted molar refractivity (Wildman–Crippen MR) is 675 cm³/mol.